The van der Waals surface area contributed by atoms with Crippen LogP contribution >= 0.6 is 0 Å². The number of aliphatic carboxylic acids is 1. The highest BCUT2D eigenvalue weighted by Crippen LogP contribution is 2.15. The zero-order chi connectivity index (χ0) is 20.9. The predicted octanol–water partition coefficient (Wildman–Crippen LogP) is 2.22. The van der Waals surface area contributed by atoms with Crippen LogP contribution < -0.4 is 0 Å². The zero-order valence-electron chi connectivity index (χ0n) is 16.9. The van der Waals surface area contributed by atoms with Gasteiger partial charge in [0.1, 0.15) is 0 Å². The molecule has 7 heteroatoms. The minimum atomic E-state index is -0.745. The van der Waals surface area contributed by atoms with Gasteiger partial charge in [0.05, 0.1) is 31.5 Å². The van der Waals surface area contributed by atoms with E-state index in [0.29, 0.717) is 32.1 Å². The van der Waals surface area contributed by atoms with Crippen LogP contribution in [0.25, 0.3) is 0 Å². The topological polar surface area (TPSA) is 138 Å². The quantitative estimate of drug-likeness (QED) is 0.208. The molecule has 0 saturated heterocycles. The molecule has 0 saturated carbocycles. The molecule has 0 radical (unpaired) electrons. The first-order valence-corrected chi connectivity index (χ1v) is 10.3. The third-order valence-corrected chi connectivity index (χ3v) is 4.31. The van der Waals surface area contributed by atoms with E-state index in [1.165, 1.54) is 0 Å². The average molecular weight is 395 g/mol. The number of aliphatic hydroxyl groups is 5. The number of hydrogen-bond donors (Lipinski definition) is 6. The summed E-state index contributed by atoms with van der Waals surface area (Å²) in [6.07, 6.45) is 8.65. The molecule has 0 spiro atoms. The maximum Gasteiger partial charge on any atom is 0.303 e. The summed E-state index contributed by atoms with van der Waals surface area (Å²) < 4.78 is 0. The SMILES string of the molecule is CCCC(O)CCC(O)CCCC(O)CCCCCCC(=O)O.OCCO. The van der Waals surface area contributed by atoms with E-state index in [2.05, 4.69) is 0 Å². The van der Waals surface area contributed by atoms with E-state index >= 15 is 0 Å². The summed E-state index contributed by atoms with van der Waals surface area (Å²) >= 11 is 0. The van der Waals surface area contributed by atoms with Crippen molar-refractivity contribution >= 4 is 5.97 Å². The van der Waals surface area contributed by atoms with Crippen molar-refractivity contribution in [2.75, 3.05) is 13.2 Å². The van der Waals surface area contributed by atoms with E-state index in [9.17, 15) is 20.1 Å². The minimum absolute atomic E-state index is 0.125. The standard InChI is InChI=1S/C18H36O5.C2H6O2/c1-2-8-15(19)13-14-17(21)11-7-10-16(20)9-5-3-4-6-12-18(22)23;3-1-2-4/h15-17,19-21H,2-14H2,1H3,(H,22,23);3-4H,1-2H2. The molecule has 27 heavy (non-hydrogen) atoms. The van der Waals surface area contributed by atoms with E-state index in [1.54, 1.807) is 0 Å². The molecular formula is C20H42O7. The molecule has 0 rings (SSSR count). The second kappa shape index (κ2) is 21.6. The van der Waals surface area contributed by atoms with Crippen molar-refractivity contribution in [1.29, 1.82) is 0 Å². The predicted molar refractivity (Wildman–Crippen MR) is 106 cm³/mol. The maximum absolute atomic E-state index is 10.4. The third-order valence-electron chi connectivity index (χ3n) is 4.31. The van der Waals surface area contributed by atoms with Gasteiger partial charge in [0.25, 0.3) is 0 Å². The molecule has 164 valence electrons. The fourth-order valence-electron chi connectivity index (χ4n) is 2.75. The molecule has 7 nitrogen and oxygen atoms in total. The molecule has 0 aliphatic carbocycles. The van der Waals surface area contributed by atoms with Crippen LogP contribution in [0, 0.1) is 0 Å². The summed E-state index contributed by atoms with van der Waals surface area (Å²) in [6.45, 7) is 1.78. The summed E-state index contributed by atoms with van der Waals surface area (Å²) in [5, 5.41) is 53.1. The van der Waals surface area contributed by atoms with Crippen molar-refractivity contribution in [3.05, 3.63) is 0 Å². The lowest BCUT2D eigenvalue weighted by Gasteiger charge is -2.15. The lowest BCUT2D eigenvalue weighted by Crippen LogP contribution is -2.14. The Morgan fingerprint density at radius 1 is 0.667 bits per heavy atom. The Kier molecular flexibility index (Phi) is 22.8. The maximum atomic E-state index is 10.4. The first-order valence-electron chi connectivity index (χ1n) is 10.3. The molecule has 0 amide bonds. The minimum Gasteiger partial charge on any atom is -0.481 e. The molecule has 3 atom stereocenters. The van der Waals surface area contributed by atoms with Gasteiger partial charge in [0.2, 0.25) is 0 Å². The van der Waals surface area contributed by atoms with Crippen LogP contribution in [-0.4, -0.2) is 68.1 Å². The van der Waals surface area contributed by atoms with Crippen LogP contribution in [0.5, 0.6) is 0 Å². The smallest absolute Gasteiger partial charge is 0.303 e. The second-order valence-electron chi connectivity index (χ2n) is 7.05. The van der Waals surface area contributed by atoms with Gasteiger partial charge in [-0.05, 0) is 51.4 Å². The average Bonchev–Trinajstić information content (AvgIpc) is 2.63. The Balaban J connectivity index is 0. The number of rotatable bonds is 17. The number of aliphatic hydroxyl groups excluding tert-OH is 5. The highest BCUT2D eigenvalue weighted by molar-refractivity contribution is 5.66. The summed E-state index contributed by atoms with van der Waals surface area (Å²) in [5.41, 5.74) is 0. The van der Waals surface area contributed by atoms with Crippen molar-refractivity contribution < 1.29 is 35.4 Å². The first kappa shape index (κ1) is 28.5. The van der Waals surface area contributed by atoms with E-state index in [1.807, 2.05) is 6.92 Å². The van der Waals surface area contributed by atoms with Crippen molar-refractivity contribution in [2.24, 2.45) is 0 Å². The number of hydrogen-bond acceptors (Lipinski definition) is 6. The monoisotopic (exact) mass is 394 g/mol. The number of carboxylic acids is 1. The van der Waals surface area contributed by atoms with Crippen molar-refractivity contribution in [3.63, 3.8) is 0 Å². The molecule has 0 bridgehead atoms. The second-order valence-corrected chi connectivity index (χ2v) is 7.05. The van der Waals surface area contributed by atoms with Gasteiger partial charge >= 0.3 is 5.97 Å². The molecule has 0 heterocycles. The molecule has 0 aliphatic heterocycles. The summed E-state index contributed by atoms with van der Waals surface area (Å²) in [7, 11) is 0. The van der Waals surface area contributed by atoms with Gasteiger partial charge in [0.15, 0.2) is 0 Å². The van der Waals surface area contributed by atoms with Crippen molar-refractivity contribution in [2.45, 2.75) is 109 Å². The van der Waals surface area contributed by atoms with Crippen LogP contribution in [0.15, 0.2) is 0 Å². The van der Waals surface area contributed by atoms with Crippen LogP contribution in [-0.2, 0) is 4.79 Å². The Labute approximate surface area is 164 Å². The highest BCUT2D eigenvalue weighted by Gasteiger charge is 2.10. The Morgan fingerprint density at radius 3 is 1.59 bits per heavy atom. The van der Waals surface area contributed by atoms with E-state index in [-0.39, 0.29) is 37.9 Å². The third kappa shape index (κ3) is 25.3. The van der Waals surface area contributed by atoms with Gasteiger partial charge in [-0.3, -0.25) is 4.79 Å². The van der Waals surface area contributed by atoms with Crippen molar-refractivity contribution in [1.82, 2.24) is 0 Å². The molecule has 0 aromatic carbocycles. The number of carbonyl (C=O) groups is 1. The van der Waals surface area contributed by atoms with Gasteiger partial charge in [-0.2, -0.15) is 0 Å². The van der Waals surface area contributed by atoms with Gasteiger partial charge < -0.3 is 30.6 Å². The number of carboxylic acid groups (broad SMARTS) is 1. The fourth-order valence-corrected chi connectivity index (χ4v) is 2.75. The van der Waals surface area contributed by atoms with Crippen LogP contribution in [0.4, 0.5) is 0 Å². The molecule has 0 aliphatic rings. The van der Waals surface area contributed by atoms with Crippen LogP contribution in [0.1, 0.15) is 90.4 Å². The highest BCUT2D eigenvalue weighted by atomic mass is 16.4. The first-order chi connectivity index (χ1) is 12.9. The van der Waals surface area contributed by atoms with Gasteiger partial charge in [-0.15, -0.1) is 0 Å². The van der Waals surface area contributed by atoms with Gasteiger partial charge in [0, 0.05) is 6.42 Å². The fraction of sp³-hybridized carbons (Fsp3) is 0.950. The molecule has 0 aromatic rings. The number of unbranched alkanes of at least 4 members (excludes halogenated alkanes) is 3. The Morgan fingerprint density at radius 2 is 1.11 bits per heavy atom. The zero-order valence-corrected chi connectivity index (χ0v) is 16.9. The summed E-state index contributed by atoms with van der Waals surface area (Å²) in [4.78, 5) is 10.4. The van der Waals surface area contributed by atoms with Crippen molar-refractivity contribution in [3.8, 4) is 0 Å². The Hall–Kier alpha value is -0.730. The Bertz CT molecular complexity index is 311. The van der Waals surface area contributed by atoms with Crippen LogP contribution in [0.2, 0.25) is 0 Å². The van der Waals surface area contributed by atoms with Gasteiger partial charge in [-0.25, -0.2) is 0 Å². The summed E-state index contributed by atoms with van der Waals surface area (Å²) in [5.74, 6) is -0.745. The lowest BCUT2D eigenvalue weighted by atomic mass is 10.00. The molecule has 0 fully saturated rings. The van der Waals surface area contributed by atoms with E-state index < -0.39 is 5.97 Å². The van der Waals surface area contributed by atoms with Crippen LogP contribution in [0.3, 0.4) is 0 Å². The molecular weight excluding hydrogens is 352 g/mol. The van der Waals surface area contributed by atoms with E-state index in [4.69, 9.17) is 15.3 Å². The lowest BCUT2D eigenvalue weighted by molar-refractivity contribution is -0.137. The van der Waals surface area contributed by atoms with Gasteiger partial charge in [-0.1, -0.05) is 32.6 Å². The molecule has 0 aromatic heterocycles. The molecule has 6 N–H and O–H groups in total. The van der Waals surface area contributed by atoms with E-state index in [0.717, 1.165) is 44.9 Å². The summed E-state index contributed by atoms with van der Waals surface area (Å²) in [6, 6.07) is 0. The normalized spacial score (nSPS) is 14.1. The molecule has 3 unspecified atom stereocenters. The largest absolute Gasteiger partial charge is 0.481 e.